The molecule has 1 N–H and O–H groups in total. The van der Waals surface area contributed by atoms with Gasteiger partial charge in [-0.25, -0.2) is 4.39 Å². The fourth-order valence-corrected chi connectivity index (χ4v) is 4.12. The third-order valence-corrected chi connectivity index (χ3v) is 5.68. The summed E-state index contributed by atoms with van der Waals surface area (Å²) in [5, 5.41) is 13.4. The van der Waals surface area contributed by atoms with Crippen molar-refractivity contribution < 1.29 is 19.0 Å². The lowest BCUT2D eigenvalue weighted by Crippen LogP contribution is -2.56. The number of hydrogen-bond donors (Lipinski definition) is 1. The molecule has 0 saturated carbocycles. The molecule has 1 heterocycles. The van der Waals surface area contributed by atoms with Crippen molar-refractivity contribution in [1.82, 2.24) is 0 Å². The Labute approximate surface area is 167 Å². The SMILES string of the molecule is Cc1ccc(S[C@@H]2O[C@H](CO)C(OCc3ccccc3)[C@H](F)C2N=[N+]=[N-])cc1. The van der Waals surface area contributed by atoms with Gasteiger partial charge in [-0.2, -0.15) is 0 Å². The normalized spacial score (nSPS) is 27.2. The zero-order valence-corrected chi connectivity index (χ0v) is 16.2. The minimum atomic E-state index is -1.60. The van der Waals surface area contributed by atoms with E-state index in [1.807, 2.05) is 61.5 Å². The van der Waals surface area contributed by atoms with E-state index in [0.29, 0.717) is 0 Å². The molecule has 6 nitrogen and oxygen atoms in total. The Bertz CT molecular complexity index is 802. The summed E-state index contributed by atoms with van der Waals surface area (Å²) in [5.74, 6) is 0. The summed E-state index contributed by atoms with van der Waals surface area (Å²) in [6.07, 6.45) is -3.49. The zero-order valence-electron chi connectivity index (χ0n) is 15.4. The highest BCUT2D eigenvalue weighted by molar-refractivity contribution is 7.99. The molecule has 0 radical (unpaired) electrons. The maximum absolute atomic E-state index is 15.3. The largest absolute Gasteiger partial charge is 0.394 e. The quantitative estimate of drug-likeness (QED) is 0.421. The van der Waals surface area contributed by atoms with E-state index in [0.717, 1.165) is 16.0 Å². The second-order valence-corrected chi connectivity index (χ2v) is 7.73. The molecule has 5 atom stereocenters. The van der Waals surface area contributed by atoms with Gasteiger partial charge >= 0.3 is 0 Å². The van der Waals surface area contributed by atoms with Gasteiger partial charge in [0.1, 0.15) is 29.9 Å². The molecule has 8 heteroatoms. The van der Waals surface area contributed by atoms with E-state index in [1.54, 1.807) is 0 Å². The molecule has 0 bridgehead atoms. The smallest absolute Gasteiger partial charge is 0.141 e. The van der Waals surface area contributed by atoms with Gasteiger partial charge in [0.2, 0.25) is 0 Å². The first-order valence-corrected chi connectivity index (χ1v) is 9.84. The Morgan fingerprint density at radius 3 is 2.57 bits per heavy atom. The minimum absolute atomic E-state index is 0.171. The molecule has 0 aliphatic carbocycles. The predicted molar refractivity (Wildman–Crippen MR) is 106 cm³/mol. The molecule has 1 aliphatic heterocycles. The molecule has 3 rings (SSSR count). The third kappa shape index (κ3) is 5.04. The number of nitrogens with zero attached hydrogens (tertiary/aromatic N) is 3. The van der Waals surface area contributed by atoms with Crippen LogP contribution >= 0.6 is 11.8 Å². The Morgan fingerprint density at radius 1 is 1.21 bits per heavy atom. The van der Waals surface area contributed by atoms with E-state index >= 15 is 4.39 Å². The Balaban J connectivity index is 1.75. The molecule has 2 unspecified atom stereocenters. The number of halogens is 1. The van der Waals surface area contributed by atoms with Crippen LogP contribution in [-0.4, -0.2) is 41.6 Å². The molecule has 0 aromatic heterocycles. The van der Waals surface area contributed by atoms with Crippen LogP contribution in [0, 0.1) is 6.92 Å². The van der Waals surface area contributed by atoms with Gasteiger partial charge in [0.05, 0.1) is 13.2 Å². The molecule has 0 spiro atoms. The van der Waals surface area contributed by atoms with Crippen LogP contribution in [0.5, 0.6) is 0 Å². The average molecular weight is 403 g/mol. The number of azide groups is 1. The highest BCUT2D eigenvalue weighted by atomic mass is 32.2. The summed E-state index contributed by atoms with van der Waals surface area (Å²) in [7, 11) is 0. The van der Waals surface area contributed by atoms with Crippen LogP contribution in [-0.2, 0) is 16.1 Å². The standard InChI is InChI=1S/C20H22FN3O3S/c1-13-7-9-15(10-8-13)28-20-18(23-24-22)17(21)19(16(11-25)27-20)26-12-14-5-3-2-4-6-14/h2-10,16-20,25H,11-12H2,1H3/t16-,17-,18?,19?,20+/m1/s1. The number of thioether (sulfide) groups is 1. The van der Waals surface area contributed by atoms with Gasteiger partial charge in [-0.3, -0.25) is 0 Å². The van der Waals surface area contributed by atoms with Crippen molar-refractivity contribution in [3.05, 3.63) is 76.2 Å². The minimum Gasteiger partial charge on any atom is -0.394 e. The summed E-state index contributed by atoms with van der Waals surface area (Å²) in [5.41, 5.74) is 10.1. The third-order valence-electron chi connectivity index (χ3n) is 4.52. The Morgan fingerprint density at radius 2 is 1.93 bits per heavy atom. The fraction of sp³-hybridized carbons (Fsp3) is 0.400. The molecular weight excluding hydrogens is 381 g/mol. The first-order valence-electron chi connectivity index (χ1n) is 8.96. The van der Waals surface area contributed by atoms with E-state index in [2.05, 4.69) is 10.0 Å². The Hall–Kier alpha value is -2.09. The lowest BCUT2D eigenvalue weighted by molar-refractivity contribution is -0.172. The van der Waals surface area contributed by atoms with Gasteiger partial charge in [0.15, 0.2) is 0 Å². The monoisotopic (exact) mass is 403 g/mol. The van der Waals surface area contributed by atoms with Crippen LogP contribution in [0.2, 0.25) is 0 Å². The van der Waals surface area contributed by atoms with Crippen LogP contribution in [0.25, 0.3) is 10.4 Å². The van der Waals surface area contributed by atoms with Crippen LogP contribution < -0.4 is 0 Å². The summed E-state index contributed by atoms with van der Waals surface area (Å²) in [6.45, 7) is 1.75. The van der Waals surface area contributed by atoms with Crippen molar-refractivity contribution in [2.45, 2.75) is 48.3 Å². The first-order chi connectivity index (χ1) is 13.6. The average Bonchev–Trinajstić information content (AvgIpc) is 2.72. The summed E-state index contributed by atoms with van der Waals surface area (Å²) in [6, 6.07) is 16.0. The van der Waals surface area contributed by atoms with Gasteiger partial charge in [-0.15, -0.1) is 0 Å². The van der Waals surface area contributed by atoms with Crippen LogP contribution in [0.1, 0.15) is 11.1 Å². The summed E-state index contributed by atoms with van der Waals surface area (Å²) in [4.78, 5) is 3.66. The van der Waals surface area contributed by atoms with Crippen molar-refractivity contribution in [2.75, 3.05) is 6.61 Å². The summed E-state index contributed by atoms with van der Waals surface area (Å²) < 4.78 is 26.9. The number of aliphatic hydroxyl groups is 1. The van der Waals surface area contributed by atoms with E-state index in [9.17, 15) is 5.11 Å². The lowest BCUT2D eigenvalue weighted by Gasteiger charge is -2.41. The number of aryl methyl sites for hydroxylation is 1. The molecule has 1 fully saturated rings. The zero-order chi connectivity index (χ0) is 19.9. The van der Waals surface area contributed by atoms with Crippen LogP contribution in [0.15, 0.2) is 64.6 Å². The molecule has 1 aliphatic rings. The number of aliphatic hydroxyl groups excluding tert-OH is 1. The second kappa shape index (κ2) is 9.91. The molecule has 148 valence electrons. The molecule has 2 aromatic carbocycles. The fourth-order valence-electron chi connectivity index (χ4n) is 3.02. The van der Waals surface area contributed by atoms with Crippen molar-refractivity contribution in [2.24, 2.45) is 5.11 Å². The van der Waals surface area contributed by atoms with E-state index < -0.39 is 36.5 Å². The summed E-state index contributed by atoms with van der Waals surface area (Å²) >= 11 is 1.27. The highest BCUT2D eigenvalue weighted by Gasteiger charge is 2.47. The van der Waals surface area contributed by atoms with Crippen molar-refractivity contribution in [3.63, 3.8) is 0 Å². The molecule has 1 saturated heterocycles. The first kappa shape index (κ1) is 20.6. The van der Waals surface area contributed by atoms with Gasteiger partial charge in [-0.05, 0) is 30.2 Å². The van der Waals surface area contributed by atoms with Crippen molar-refractivity contribution in [3.8, 4) is 0 Å². The maximum Gasteiger partial charge on any atom is 0.141 e. The van der Waals surface area contributed by atoms with Crippen LogP contribution in [0.4, 0.5) is 4.39 Å². The van der Waals surface area contributed by atoms with Crippen molar-refractivity contribution in [1.29, 1.82) is 0 Å². The van der Waals surface area contributed by atoms with E-state index in [-0.39, 0.29) is 6.61 Å². The maximum atomic E-state index is 15.3. The molecule has 2 aromatic rings. The predicted octanol–water partition coefficient (Wildman–Crippen LogP) is 4.41. The number of benzene rings is 2. The molecule has 28 heavy (non-hydrogen) atoms. The molecular formula is C20H22FN3O3S. The van der Waals surface area contributed by atoms with Gasteiger partial charge in [-0.1, -0.05) is 64.9 Å². The van der Waals surface area contributed by atoms with Gasteiger partial charge in [0.25, 0.3) is 0 Å². The number of ether oxygens (including phenoxy) is 2. The number of hydrogen-bond acceptors (Lipinski definition) is 5. The van der Waals surface area contributed by atoms with E-state index in [4.69, 9.17) is 15.0 Å². The van der Waals surface area contributed by atoms with Gasteiger partial charge < -0.3 is 14.6 Å². The Kier molecular flexibility index (Phi) is 7.30. The number of rotatable bonds is 7. The molecule has 0 amide bonds. The number of alkyl halides is 1. The van der Waals surface area contributed by atoms with Crippen LogP contribution in [0.3, 0.4) is 0 Å². The second-order valence-electron chi connectivity index (χ2n) is 6.56. The van der Waals surface area contributed by atoms with E-state index in [1.165, 1.54) is 11.8 Å². The van der Waals surface area contributed by atoms with Crippen molar-refractivity contribution >= 4 is 11.8 Å². The van der Waals surface area contributed by atoms with Gasteiger partial charge in [0, 0.05) is 9.81 Å². The lowest BCUT2D eigenvalue weighted by atomic mass is 9.99. The topological polar surface area (TPSA) is 87.5 Å². The highest BCUT2D eigenvalue weighted by Crippen LogP contribution is 2.37.